The van der Waals surface area contributed by atoms with Crippen molar-refractivity contribution >= 4 is 5.90 Å². The van der Waals surface area contributed by atoms with Gasteiger partial charge in [-0.1, -0.05) is 0 Å². The molecule has 1 heterocycles. The molecule has 0 unspecified atom stereocenters. The molecule has 1 saturated heterocycles. The number of piperidine rings is 1. The Hall–Kier alpha value is -0.570. The lowest BCUT2D eigenvalue weighted by Gasteiger charge is -2.28. The largest absolute Gasteiger partial charge is 0.478 e. The van der Waals surface area contributed by atoms with Crippen LogP contribution in [0, 0.1) is 5.41 Å². The van der Waals surface area contributed by atoms with Crippen molar-refractivity contribution in [2.45, 2.75) is 25.9 Å². The maximum atomic E-state index is 7.15. The van der Waals surface area contributed by atoms with Crippen LogP contribution in [0.1, 0.15) is 19.8 Å². The molecule has 0 saturated carbocycles. The molecule has 0 radical (unpaired) electrons. The molecule has 0 atom stereocenters. The Morgan fingerprint density at radius 3 is 2.45 bits per heavy atom. The highest BCUT2D eigenvalue weighted by Gasteiger charge is 2.17. The summed E-state index contributed by atoms with van der Waals surface area (Å²) >= 11 is 0. The minimum Gasteiger partial charge on any atom is -0.478 e. The highest BCUT2D eigenvalue weighted by Crippen LogP contribution is 2.11. The maximum absolute atomic E-state index is 7.15. The van der Waals surface area contributed by atoms with Crippen LogP contribution in [0.5, 0.6) is 0 Å². The first kappa shape index (κ1) is 8.53. The first-order chi connectivity index (χ1) is 5.18. The first-order valence-electron chi connectivity index (χ1n) is 4.09. The van der Waals surface area contributed by atoms with Gasteiger partial charge in [0.05, 0.1) is 0 Å². The van der Waals surface area contributed by atoms with Gasteiger partial charge in [-0.25, -0.2) is 0 Å². The second kappa shape index (κ2) is 3.72. The third-order valence-electron chi connectivity index (χ3n) is 2.01. The second-order valence-corrected chi connectivity index (χ2v) is 3.18. The van der Waals surface area contributed by atoms with Crippen LogP contribution in [0.4, 0.5) is 0 Å². The molecular formula is C8H16N2O. The molecule has 1 fully saturated rings. The van der Waals surface area contributed by atoms with Crippen molar-refractivity contribution in [3.63, 3.8) is 0 Å². The molecule has 1 rings (SSSR count). The number of hydrogen-bond acceptors (Lipinski definition) is 3. The fourth-order valence-electron chi connectivity index (χ4n) is 1.35. The maximum Gasteiger partial charge on any atom is 0.177 e. The average molecular weight is 156 g/mol. The van der Waals surface area contributed by atoms with E-state index < -0.39 is 0 Å². The standard InChI is InChI=1S/C8H16N2O/c1-7(9)11-8-3-5-10(2)6-4-8/h8-9H,3-6H2,1-2H3. The lowest BCUT2D eigenvalue weighted by molar-refractivity contribution is 0.103. The number of rotatable bonds is 1. The van der Waals surface area contributed by atoms with E-state index in [0.29, 0.717) is 12.0 Å². The third kappa shape index (κ3) is 2.89. The molecule has 0 aromatic rings. The van der Waals surface area contributed by atoms with Gasteiger partial charge < -0.3 is 9.64 Å². The minimum absolute atomic E-state index is 0.295. The first-order valence-corrected chi connectivity index (χ1v) is 4.09. The van der Waals surface area contributed by atoms with Gasteiger partial charge >= 0.3 is 0 Å². The van der Waals surface area contributed by atoms with Crippen LogP contribution in [0.15, 0.2) is 0 Å². The van der Waals surface area contributed by atoms with Crippen molar-refractivity contribution in [2.24, 2.45) is 0 Å². The normalized spacial score (nSPS) is 21.6. The molecule has 0 spiro atoms. The zero-order valence-corrected chi connectivity index (χ0v) is 7.26. The number of nitrogens with zero attached hydrogens (tertiary/aromatic N) is 1. The molecule has 1 aliphatic heterocycles. The summed E-state index contributed by atoms with van der Waals surface area (Å²) in [5.41, 5.74) is 0. The molecule has 0 bridgehead atoms. The van der Waals surface area contributed by atoms with Crippen molar-refractivity contribution in [1.29, 1.82) is 5.41 Å². The Kier molecular flexibility index (Phi) is 2.88. The number of hydrogen-bond donors (Lipinski definition) is 1. The van der Waals surface area contributed by atoms with E-state index in [4.69, 9.17) is 10.1 Å². The van der Waals surface area contributed by atoms with E-state index in [0.717, 1.165) is 25.9 Å². The van der Waals surface area contributed by atoms with Gasteiger partial charge in [-0.3, -0.25) is 5.41 Å². The summed E-state index contributed by atoms with van der Waals surface area (Å²) < 4.78 is 5.30. The van der Waals surface area contributed by atoms with E-state index in [-0.39, 0.29) is 0 Å². The van der Waals surface area contributed by atoms with Gasteiger partial charge in [0.15, 0.2) is 5.90 Å². The zero-order valence-electron chi connectivity index (χ0n) is 7.26. The Morgan fingerprint density at radius 1 is 1.45 bits per heavy atom. The SMILES string of the molecule is CC(=N)OC1CCN(C)CC1. The summed E-state index contributed by atoms with van der Waals surface area (Å²) in [7, 11) is 2.12. The summed E-state index contributed by atoms with van der Waals surface area (Å²) in [5, 5.41) is 7.15. The van der Waals surface area contributed by atoms with Gasteiger partial charge in [-0.05, 0) is 19.9 Å². The van der Waals surface area contributed by atoms with Crippen LogP contribution in [-0.4, -0.2) is 37.0 Å². The topological polar surface area (TPSA) is 36.3 Å². The van der Waals surface area contributed by atoms with Crippen LogP contribution in [0.25, 0.3) is 0 Å². The van der Waals surface area contributed by atoms with Crippen LogP contribution >= 0.6 is 0 Å². The fourth-order valence-corrected chi connectivity index (χ4v) is 1.35. The van der Waals surface area contributed by atoms with Crippen molar-refractivity contribution < 1.29 is 4.74 Å². The Morgan fingerprint density at radius 2 is 2.00 bits per heavy atom. The summed E-state index contributed by atoms with van der Waals surface area (Å²) in [6.45, 7) is 3.88. The lowest BCUT2D eigenvalue weighted by atomic mass is 10.1. The molecule has 64 valence electrons. The highest BCUT2D eigenvalue weighted by atomic mass is 16.5. The predicted molar refractivity (Wildman–Crippen MR) is 45.0 cm³/mol. The van der Waals surface area contributed by atoms with Crippen LogP contribution in [0.2, 0.25) is 0 Å². The van der Waals surface area contributed by atoms with Crippen LogP contribution in [0.3, 0.4) is 0 Å². The Bertz CT molecular complexity index is 139. The van der Waals surface area contributed by atoms with Gasteiger partial charge in [0.1, 0.15) is 6.10 Å². The summed E-state index contributed by atoms with van der Waals surface area (Å²) in [5.74, 6) is 0.347. The van der Waals surface area contributed by atoms with Gasteiger partial charge in [-0.2, -0.15) is 0 Å². The average Bonchev–Trinajstić information content (AvgIpc) is 1.93. The van der Waals surface area contributed by atoms with E-state index in [9.17, 15) is 0 Å². The molecule has 3 heteroatoms. The summed E-state index contributed by atoms with van der Waals surface area (Å²) in [6, 6.07) is 0. The van der Waals surface area contributed by atoms with Gasteiger partial charge in [0, 0.05) is 20.0 Å². The van der Waals surface area contributed by atoms with E-state index >= 15 is 0 Å². The Labute approximate surface area is 67.8 Å². The van der Waals surface area contributed by atoms with E-state index in [2.05, 4.69) is 11.9 Å². The monoisotopic (exact) mass is 156 g/mol. The quantitative estimate of drug-likeness (QED) is 0.456. The van der Waals surface area contributed by atoms with Crippen molar-refractivity contribution in [1.82, 2.24) is 4.90 Å². The molecule has 3 nitrogen and oxygen atoms in total. The van der Waals surface area contributed by atoms with E-state index in [1.807, 2.05) is 0 Å². The van der Waals surface area contributed by atoms with Gasteiger partial charge in [-0.15, -0.1) is 0 Å². The smallest absolute Gasteiger partial charge is 0.177 e. The minimum atomic E-state index is 0.295. The molecular weight excluding hydrogens is 140 g/mol. The molecule has 0 aromatic heterocycles. The predicted octanol–water partition coefficient (Wildman–Crippen LogP) is 1.09. The summed E-state index contributed by atoms with van der Waals surface area (Å²) in [6.07, 6.45) is 2.42. The molecule has 11 heavy (non-hydrogen) atoms. The van der Waals surface area contributed by atoms with E-state index in [1.54, 1.807) is 6.92 Å². The fraction of sp³-hybridized carbons (Fsp3) is 0.875. The van der Waals surface area contributed by atoms with Gasteiger partial charge in [0.2, 0.25) is 0 Å². The number of ether oxygens (including phenoxy) is 1. The second-order valence-electron chi connectivity index (χ2n) is 3.18. The molecule has 0 aromatic carbocycles. The number of likely N-dealkylation sites (tertiary alicyclic amines) is 1. The van der Waals surface area contributed by atoms with Crippen LogP contribution in [-0.2, 0) is 4.74 Å². The molecule has 1 N–H and O–H groups in total. The van der Waals surface area contributed by atoms with E-state index in [1.165, 1.54) is 0 Å². The van der Waals surface area contributed by atoms with Crippen molar-refractivity contribution in [3.05, 3.63) is 0 Å². The number of nitrogens with one attached hydrogen (secondary N) is 1. The highest BCUT2D eigenvalue weighted by molar-refractivity contribution is 5.69. The molecule has 0 aliphatic carbocycles. The molecule has 1 aliphatic rings. The summed E-state index contributed by atoms with van der Waals surface area (Å²) in [4.78, 5) is 2.29. The van der Waals surface area contributed by atoms with Crippen molar-refractivity contribution in [3.8, 4) is 0 Å². The van der Waals surface area contributed by atoms with Gasteiger partial charge in [0.25, 0.3) is 0 Å². The Balaban J connectivity index is 2.22. The lowest BCUT2D eigenvalue weighted by Crippen LogP contribution is -2.34. The zero-order chi connectivity index (χ0) is 8.27. The van der Waals surface area contributed by atoms with Crippen molar-refractivity contribution in [2.75, 3.05) is 20.1 Å². The van der Waals surface area contributed by atoms with Crippen LogP contribution < -0.4 is 0 Å². The molecule has 0 amide bonds. The third-order valence-corrected chi connectivity index (χ3v) is 2.01.